The Kier molecular flexibility index (Phi) is 6.01. The van der Waals surface area contributed by atoms with Crippen molar-refractivity contribution in [2.24, 2.45) is 0 Å². The lowest BCUT2D eigenvalue weighted by Gasteiger charge is -2.36. The topological polar surface area (TPSA) is 43.9 Å². The third-order valence-corrected chi connectivity index (χ3v) is 6.84. The normalized spacial score (nSPS) is 20.3. The van der Waals surface area contributed by atoms with Crippen LogP contribution in [0.25, 0.3) is 0 Å². The first kappa shape index (κ1) is 20.1. The van der Waals surface area contributed by atoms with Crippen LogP contribution in [0.15, 0.2) is 35.7 Å². The molecule has 2 aliphatic rings. The second-order valence-electron chi connectivity index (χ2n) is 8.20. The molecule has 4 rings (SSSR count). The van der Waals surface area contributed by atoms with Gasteiger partial charge in [0.2, 0.25) is 5.91 Å². The first-order chi connectivity index (χ1) is 14.0. The third-order valence-electron chi connectivity index (χ3n) is 5.98. The zero-order chi connectivity index (χ0) is 20.4. The van der Waals surface area contributed by atoms with Gasteiger partial charge in [-0.2, -0.15) is 0 Å². The second kappa shape index (κ2) is 8.67. The van der Waals surface area contributed by atoms with E-state index in [2.05, 4.69) is 36.9 Å². The van der Waals surface area contributed by atoms with E-state index in [1.165, 1.54) is 28.0 Å². The molecule has 0 bridgehead atoms. The third kappa shape index (κ3) is 4.54. The minimum atomic E-state index is 0.0847. The Balaban J connectivity index is 1.34. The summed E-state index contributed by atoms with van der Waals surface area (Å²) >= 11 is 1.47. The maximum Gasteiger partial charge on any atom is 0.264 e. The largest absolute Gasteiger partial charge is 0.338 e. The van der Waals surface area contributed by atoms with E-state index in [4.69, 9.17) is 0 Å². The summed E-state index contributed by atoms with van der Waals surface area (Å²) < 4.78 is 0. The fourth-order valence-corrected chi connectivity index (χ4v) is 5.27. The van der Waals surface area contributed by atoms with Crippen LogP contribution < -0.4 is 0 Å². The van der Waals surface area contributed by atoms with Gasteiger partial charge in [-0.3, -0.25) is 14.5 Å². The van der Waals surface area contributed by atoms with Gasteiger partial charge in [-0.05, 0) is 50.2 Å². The van der Waals surface area contributed by atoms with Gasteiger partial charge in [0, 0.05) is 32.2 Å². The molecule has 154 valence electrons. The SMILES string of the molecule is Cc1cc(C)cc(C2CCCN2CC(=O)N2CCN(C(=O)c3cccs3)CC2)c1. The highest BCUT2D eigenvalue weighted by Gasteiger charge is 2.31. The van der Waals surface area contributed by atoms with Crippen LogP contribution in [0.3, 0.4) is 0 Å². The van der Waals surface area contributed by atoms with E-state index in [0.29, 0.717) is 38.8 Å². The molecule has 0 N–H and O–H groups in total. The maximum absolute atomic E-state index is 13.0. The fourth-order valence-electron chi connectivity index (χ4n) is 4.58. The Bertz CT molecular complexity index is 852. The van der Waals surface area contributed by atoms with Crippen LogP contribution in [0.1, 0.15) is 45.2 Å². The number of aryl methyl sites for hydroxylation is 2. The number of benzene rings is 1. The molecule has 0 spiro atoms. The summed E-state index contributed by atoms with van der Waals surface area (Å²) in [4.78, 5) is 32.3. The van der Waals surface area contributed by atoms with E-state index < -0.39 is 0 Å². The monoisotopic (exact) mass is 411 g/mol. The Morgan fingerprint density at radius 3 is 2.34 bits per heavy atom. The first-order valence-corrected chi connectivity index (χ1v) is 11.3. The zero-order valence-corrected chi connectivity index (χ0v) is 18.1. The van der Waals surface area contributed by atoms with Crippen LogP contribution in [0.5, 0.6) is 0 Å². The average molecular weight is 412 g/mol. The highest BCUT2D eigenvalue weighted by Crippen LogP contribution is 2.32. The molecule has 2 amide bonds. The van der Waals surface area contributed by atoms with Crippen molar-refractivity contribution in [1.82, 2.24) is 14.7 Å². The van der Waals surface area contributed by atoms with E-state index in [9.17, 15) is 9.59 Å². The van der Waals surface area contributed by atoms with Gasteiger partial charge in [0.1, 0.15) is 0 Å². The quantitative estimate of drug-likeness (QED) is 0.774. The van der Waals surface area contributed by atoms with Crippen molar-refractivity contribution < 1.29 is 9.59 Å². The van der Waals surface area contributed by atoms with Gasteiger partial charge < -0.3 is 9.80 Å². The molecular weight excluding hydrogens is 382 g/mol. The number of hydrogen-bond donors (Lipinski definition) is 0. The second-order valence-corrected chi connectivity index (χ2v) is 9.15. The Morgan fingerprint density at radius 1 is 1.00 bits per heavy atom. The number of carbonyl (C=O) groups is 2. The van der Waals surface area contributed by atoms with Crippen LogP contribution in [0, 0.1) is 13.8 Å². The molecule has 2 aromatic rings. The summed E-state index contributed by atoms with van der Waals surface area (Å²) in [7, 11) is 0. The number of likely N-dealkylation sites (tertiary alicyclic amines) is 1. The van der Waals surface area contributed by atoms with E-state index >= 15 is 0 Å². The molecule has 1 unspecified atom stereocenters. The molecule has 1 aromatic heterocycles. The van der Waals surface area contributed by atoms with Crippen LogP contribution in [0.2, 0.25) is 0 Å². The van der Waals surface area contributed by atoms with Crippen molar-refractivity contribution in [3.8, 4) is 0 Å². The molecule has 2 saturated heterocycles. The standard InChI is InChI=1S/C23H29N3O2S/c1-17-13-18(2)15-19(14-17)20-5-3-7-26(20)16-22(27)24-8-10-25(11-9-24)23(28)21-6-4-12-29-21/h4,6,12-15,20H,3,5,7-11,16H2,1-2H3. The van der Waals surface area contributed by atoms with Crippen LogP contribution in [-0.4, -0.2) is 65.8 Å². The van der Waals surface area contributed by atoms with E-state index in [1.54, 1.807) is 0 Å². The summed E-state index contributed by atoms with van der Waals surface area (Å²) in [6, 6.07) is 10.8. The predicted octanol–water partition coefficient (Wildman–Crippen LogP) is 3.49. The average Bonchev–Trinajstić information content (AvgIpc) is 3.39. The summed E-state index contributed by atoms with van der Waals surface area (Å²) in [6.07, 6.45) is 2.24. The highest BCUT2D eigenvalue weighted by molar-refractivity contribution is 7.12. The lowest BCUT2D eigenvalue weighted by atomic mass is 9.99. The number of rotatable bonds is 4. The van der Waals surface area contributed by atoms with Crippen molar-refractivity contribution in [3.05, 3.63) is 57.3 Å². The van der Waals surface area contributed by atoms with E-state index in [-0.39, 0.29) is 11.8 Å². The van der Waals surface area contributed by atoms with Crippen molar-refractivity contribution in [1.29, 1.82) is 0 Å². The lowest BCUT2D eigenvalue weighted by molar-refractivity contribution is -0.134. The molecule has 3 heterocycles. The van der Waals surface area contributed by atoms with Crippen molar-refractivity contribution in [2.45, 2.75) is 32.7 Å². The molecule has 2 fully saturated rings. The zero-order valence-electron chi connectivity index (χ0n) is 17.3. The van der Waals surface area contributed by atoms with Crippen LogP contribution in [-0.2, 0) is 4.79 Å². The number of thiophene rings is 1. The Morgan fingerprint density at radius 2 is 1.69 bits per heavy atom. The van der Waals surface area contributed by atoms with Gasteiger partial charge in [-0.25, -0.2) is 0 Å². The van der Waals surface area contributed by atoms with Crippen molar-refractivity contribution in [2.75, 3.05) is 39.3 Å². The van der Waals surface area contributed by atoms with Gasteiger partial charge >= 0.3 is 0 Å². The first-order valence-electron chi connectivity index (χ1n) is 10.4. The highest BCUT2D eigenvalue weighted by atomic mass is 32.1. The maximum atomic E-state index is 13.0. The molecular formula is C23H29N3O2S. The molecule has 1 aromatic carbocycles. The van der Waals surface area contributed by atoms with Gasteiger partial charge in [0.15, 0.2) is 0 Å². The summed E-state index contributed by atoms with van der Waals surface area (Å²) in [5, 5.41) is 1.93. The molecule has 2 aliphatic heterocycles. The van der Waals surface area contributed by atoms with Gasteiger partial charge in [-0.15, -0.1) is 11.3 Å². The van der Waals surface area contributed by atoms with Gasteiger partial charge in [0.25, 0.3) is 5.91 Å². The van der Waals surface area contributed by atoms with E-state index in [0.717, 1.165) is 24.3 Å². The minimum Gasteiger partial charge on any atom is -0.338 e. The Labute approximate surface area is 176 Å². The fraction of sp³-hybridized carbons (Fsp3) is 0.478. The summed E-state index contributed by atoms with van der Waals surface area (Å²) in [5.74, 6) is 0.269. The molecule has 0 saturated carbocycles. The van der Waals surface area contributed by atoms with E-state index in [1.807, 2.05) is 27.3 Å². The molecule has 0 radical (unpaired) electrons. The molecule has 1 atom stereocenters. The van der Waals surface area contributed by atoms with Crippen molar-refractivity contribution >= 4 is 23.2 Å². The molecule has 0 aliphatic carbocycles. The van der Waals surface area contributed by atoms with Gasteiger partial charge in [-0.1, -0.05) is 35.4 Å². The Hall–Kier alpha value is -2.18. The van der Waals surface area contributed by atoms with Crippen LogP contribution >= 0.6 is 11.3 Å². The lowest BCUT2D eigenvalue weighted by Crippen LogP contribution is -2.52. The number of nitrogens with zero attached hydrogens (tertiary/aromatic N) is 3. The number of piperazine rings is 1. The molecule has 29 heavy (non-hydrogen) atoms. The minimum absolute atomic E-state index is 0.0847. The number of amides is 2. The van der Waals surface area contributed by atoms with Crippen LogP contribution in [0.4, 0.5) is 0 Å². The smallest absolute Gasteiger partial charge is 0.264 e. The molecule has 5 nitrogen and oxygen atoms in total. The summed E-state index contributed by atoms with van der Waals surface area (Å²) in [5.41, 5.74) is 3.90. The number of hydrogen-bond acceptors (Lipinski definition) is 4. The molecule has 6 heteroatoms. The summed E-state index contributed by atoms with van der Waals surface area (Å²) in [6.45, 7) is 8.19. The number of carbonyl (C=O) groups excluding carboxylic acids is 2. The predicted molar refractivity (Wildman–Crippen MR) is 116 cm³/mol. The van der Waals surface area contributed by atoms with Gasteiger partial charge in [0.05, 0.1) is 11.4 Å². The van der Waals surface area contributed by atoms with Crippen molar-refractivity contribution in [3.63, 3.8) is 0 Å².